The molecule has 1 aliphatic heterocycles. The van der Waals surface area contributed by atoms with Gasteiger partial charge in [-0.2, -0.15) is 0 Å². The van der Waals surface area contributed by atoms with Gasteiger partial charge in [0.05, 0.1) is 6.04 Å². The van der Waals surface area contributed by atoms with Crippen LogP contribution in [0.1, 0.15) is 29.7 Å². The normalized spacial score (nSPS) is 15.7. The van der Waals surface area contributed by atoms with Crippen LogP contribution in [0.2, 0.25) is 0 Å². The summed E-state index contributed by atoms with van der Waals surface area (Å²) in [5, 5.41) is 9.60. The molecular weight excluding hydrogens is 330 g/mol. The Hall–Kier alpha value is -2.36. The minimum atomic E-state index is 0.350. The third-order valence-corrected chi connectivity index (χ3v) is 5.86. The van der Waals surface area contributed by atoms with Crippen molar-refractivity contribution in [3.63, 3.8) is 0 Å². The van der Waals surface area contributed by atoms with Gasteiger partial charge in [0, 0.05) is 31.4 Å². The first kappa shape index (κ1) is 18.0. The Morgan fingerprint density at radius 3 is 2.63 bits per heavy atom. The monoisotopic (exact) mass is 359 g/mol. The van der Waals surface area contributed by atoms with Gasteiger partial charge in [-0.05, 0) is 60.5 Å². The van der Waals surface area contributed by atoms with E-state index < -0.39 is 0 Å². The van der Waals surface area contributed by atoms with Gasteiger partial charge in [-0.25, -0.2) is 0 Å². The van der Waals surface area contributed by atoms with Crippen LogP contribution >= 0.6 is 0 Å². The van der Waals surface area contributed by atoms with Gasteiger partial charge in [0.1, 0.15) is 0 Å². The maximum Gasteiger partial charge on any atom is 0.0510 e. The molecule has 2 N–H and O–H groups in total. The van der Waals surface area contributed by atoms with Crippen molar-refractivity contribution in [2.24, 2.45) is 0 Å². The Bertz CT molecular complexity index is 925. The minimum absolute atomic E-state index is 0.350. The van der Waals surface area contributed by atoms with E-state index in [-0.39, 0.29) is 0 Å². The molecule has 3 aromatic carbocycles. The molecule has 3 heteroatoms. The number of anilines is 1. The average Bonchev–Trinajstić information content (AvgIpc) is 2.66. The maximum atomic E-state index is 3.62. The van der Waals surface area contributed by atoms with Crippen molar-refractivity contribution in [2.45, 2.75) is 32.5 Å². The number of aryl methyl sites for hydroxylation is 1. The largest absolute Gasteiger partial charge is 0.380 e. The smallest absolute Gasteiger partial charge is 0.0510 e. The second kappa shape index (κ2) is 7.71. The number of hydrogen-bond acceptors (Lipinski definition) is 3. The number of rotatable bonds is 6. The molecule has 0 bridgehead atoms. The van der Waals surface area contributed by atoms with Gasteiger partial charge < -0.3 is 10.6 Å². The average molecular weight is 360 g/mol. The first-order valence-corrected chi connectivity index (χ1v) is 9.86. The molecule has 0 unspecified atom stereocenters. The molecule has 27 heavy (non-hydrogen) atoms. The highest BCUT2D eigenvalue weighted by Gasteiger charge is 2.18. The second-order valence-electron chi connectivity index (χ2n) is 7.80. The van der Waals surface area contributed by atoms with Crippen LogP contribution in [0, 0.1) is 6.92 Å². The SMILES string of the molecule is Cc1ccc(NC2CNC2)cc1CN(C)[C@H](C)c1cccc2ccccc12. The summed E-state index contributed by atoms with van der Waals surface area (Å²) in [6.07, 6.45) is 0. The van der Waals surface area contributed by atoms with Crippen molar-refractivity contribution in [3.8, 4) is 0 Å². The molecule has 0 aromatic heterocycles. The van der Waals surface area contributed by atoms with Crippen LogP contribution in [0.4, 0.5) is 5.69 Å². The van der Waals surface area contributed by atoms with E-state index in [4.69, 9.17) is 0 Å². The van der Waals surface area contributed by atoms with Crippen LogP contribution in [0.3, 0.4) is 0 Å². The summed E-state index contributed by atoms with van der Waals surface area (Å²) in [6, 6.07) is 23.0. The van der Waals surface area contributed by atoms with Crippen molar-refractivity contribution in [1.29, 1.82) is 0 Å². The summed E-state index contributed by atoms with van der Waals surface area (Å²) >= 11 is 0. The topological polar surface area (TPSA) is 27.3 Å². The van der Waals surface area contributed by atoms with Crippen LogP contribution < -0.4 is 10.6 Å². The lowest BCUT2D eigenvalue weighted by Crippen LogP contribution is -2.51. The van der Waals surface area contributed by atoms with Gasteiger partial charge in [-0.1, -0.05) is 48.5 Å². The summed E-state index contributed by atoms with van der Waals surface area (Å²) in [7, 11) is 2.22. The zero-order chi connectivity index (χ0) is 18.8. The van der Waals surface area contributed by atoms with Crippen molar-refractivity contribution in [1.82, 2.24) is 10.2 Å². The fourth-order valence-corrected chi connectivity index (χ4v) is 3.82. The third kappa shape index (κ3) is 3.85. The van der Waals surface area contributed by atoms with Crippen molar-refractivity contribution < 1.29 is 0 Å². The lowest BCUT2D eigenvalue weighted by atomic mass is 9.98. The van der Waals surface area contributed by atoms with Gasteiger partial charge >= 0.3 is 0 Å². The molecule has 140 valence electrons. The molecule has 0 aliphatic carbocycles. The Kier molecular flexibility index (Phi) is 5.15. The van der Waals surface area contributed by atoms with Gasteiger partial charge in [-0.15, -0.1) is 0 Å². The summed E-state index contributed by atoms with van der Waals surface area (Å²) < 4.78 is 0. The van der Waals surface area contributed by atoms with Gasteiger partial charge in [0.25, 0.3) is 0 Å². The summed E-state index contributed by atoms with van der Waals surface area (Å²) in [4.78, 5) is 2.44. The lowest BCUT2D eigenvalue weighted by Gasteiger charge is -2.30. The Balaban J connectivity index is 1.54. The van der Waals surface area contributed by atoms with Crippen LogP contribution in [0.25, 0.3) is 10.8 Å². The lowest BCUT2D eigenvalue weighted by molar-refractivity contribution is 0.254. The molecule has 1 fully saturated rings. The summed E-state index contributed by atoms with van der Waals surface area (Å²) in [6.45, 7) is 7.57. The van der Waals surface area contributed by atoms with Crippen LogP contribution in [0.5, 0.6) is 0 Å². The molecule has 3 aromatic rings. The van der Waals surface area contributed by atoms with Crippen LogP contribution in [0.15, 0.2) is 60.7 Å². The highest BCUT2D eigenvalue weighted by molar-refractivity contribution is 5.86. The summed E-state index contributed by atoms with van der Waals surface area (Å²) in [5.74, 6) is 0. The quantitative estimate of drug-likeness (QED) is 0.666. The van der Waals surface area contributed by atoms with E-state index in [0.29, 0.717) is 12.1 Å². The summed E-state index contributed by atoms with van der Waals surface area (Å²) in [5.41, 5.74) is 5.36. The van der Waals surface area contributed by atoms with E-state index >= 15 is 0 Å². The number of nitrogens with zero attached hydrogens (tertiary/aromatic N) is 1. The zero-order valence-corrected chi connectivity index (χ0v) is 16.5. The van der Waals surface area contributed by atoms with Crippen molar-refractivity contribution in [2.75, 3.05) is 25.5 Å². The highest BCUT2D eigenvalue weighted by atomic mass is 15.1. The number of nitrogens with one attached hydrogen (secondary N) is 2. The number of fused-ring (bicyclic) bond motifs is 1. The Labute approximate surface area is 162 Å². The van der Waals surface area contributed by atoms with E-state index in [2.05, 4.69) is 97.1 Å². The van der Waals surface area contributed by atoms with Gasteiger partial charge in [0.15, 0.2) is 0 Å². The number of benzene rings is 3. The van der Waals surface area contributed by atoms with E-state index in [1.807, 2.05) is 0 Å². The molecule has 4 rings (SSSR count). The first-order valence-electron chi connectivity index (χ1n) is 9.86. The fourth-order valence-electron chi connectivity index (χ4n) is 3.82. The van der Waals surface area contributed by atoms with Crippen molar-refractivity contribution in [3.05, 3.63) is 77.4 Å². The second-order valence-corrected chi connectivity index (χ2v) is 7.80. The molecule has 0 spiro atoms. The maximum absolute atomic E-state index is 3.62. The zero-order valence-electron chi connectivity index (χ0n) is 16.5. The molecule has 1 heterocycles. The van der Waals surface area contributed by atoms with Crippen LogP contribution in [-0.4, -0.2) is 31.1 Å². The first-order chi connectivity index (χ1) is 13.1. The molecule has 1 aliphatic rings. The Morgan fingerprint density at radius 1 is 1.07 bits per heavy atom. The Morgan fingerprint density at radius 2 is 1.85 bits per heavy atom. The van der Waals surface area contributed by atoms with E-state index in [9.17, 15) is 0 Å². The third-order valence-electron chi connectivity index (χ3n) is 5.86. The van der Waals surface area contributed by atoms with E-state index in [1.54, 1.807) is 0 Å². The van der Waals surface area contributed by atoms with Gasteiger partial charge in [-0.3, -0.25) is 4.90 Å². The number of hydrogen-bond donors (Lipinski definition) is 2. The fraction of sp³-hybridized carbons (Fsp3) is 0.333. The van der Waals surface area contributed by atoms with E-state index in [1.165, 1.54) is 33.2 Å². The molecule has 0 saturated carbocycles. The molecular formula is C24H29N3. The molecule has 0 radical (unpaired) electrons. The predicted molar refractivity (Wildman–Crippen MR) is 115 cm³/mol. The molecule has 1 saturated heterocycles. The minimum Gasteiger partial charge on any atom is -0.380 e. The highest BCUT2D eigenvalue weighted by Crippen LogP contribution is 2.29. The van der Waals surface area contributed by atoms with Crippen molar-refractivity contribution >= 4 is 16.5 Å². The standard InChI is InChI=1S/C24H29N3/c1-17-11-12-21(26-22-14-25-15-22)13-20(17)16-27(3)18(2)23-10-6-8-19-7-4-5-9-24(19)23/h4-13,18,22,25-26H,14-16H2,1-3H3/t18-/m1/s1. The van der Waals surface area contributed by atoms with Gasteiger partial charge in [0.2, 0.25) is 0 Å². The predicted octanol–water partition coefficient (Wildman–Crippen LogP) is 4.72. The molecule has 0 amide bonds. The molecule has 3 nitrogen and oxygen atoms in total. The molecule has 1 atom stereocenters. The van der Waals surface area contributed by atoms with Crippen LogP contribution in [-0.2, 0) is 6.54 Å². The van der Waals surface area contributed by atoms with E-state index in [0.717, 1.165) is 19.6 Å².